The molecule has 1 N–H and O–H groups in total. The number of nitrogens with zero attached hydrogens (tertiary/aromatic N) is 1. The smallest absolute Gasteiger partial charge is 0.123 e. The van der Waals surface area contributed by atoms with E-state index in [1.54, 1.807) is 19.1 Å². The van der Waals surface area contributed by atoms with Gasteiger partial charge in [0.25, 0.3) is 0 Å². The van der Waals surface area contributed by atoms with E-state index in [9.17, 15) is 0 Å². The molecule has 1 heterocycles. The van der Waals surface area contributed by atoms with Crippen LogP contribution in [0.15, 0.2) is 36.4 Å². The van der Waals surface area contributed by atoms with Crippen LogP contribution < -0.4 is 19.3 Å². The molecular weight excluding hydrogens is 312 g/mol. The minimum Gasteiger partial charge on any atom is -0.497 e. The maximum atomic E-state index is 5.39. The van der Waals surface area contributed by atoms with Crippen molar-refractivity contribution < 1.29 is 14.4 Å². The van der Waals surface area contributed by atoms with E-state index in [1.807, 2.05) is 6.07 Å². The molecule has 0 amide bonds. The first-order valence-corrected chi connectivity index (χ1v) is 8.97. The van der Waals surface area contributed by atoms with E-state index in [4.69, 9.17) is 9.47 Å². The average Bonchev–Trinajstić information content (AvgIpc) is 2.64. The summed E-state index contributed by atoms with van der Waals surface area (Å²) in [5.74, 6) is 1.73. The van der Waals surface area contributed by atoms with Crippen molar-refractivity contribution in [2.45, 2.75) is 20.4 Å². The number of methoxy groups -OCH3 is 2. The summed E-state index contributed by atoms with van der Waals surface area (Å²) in [6.45, 7) is 9.87. The molecule has 0 atom stereocenters. The second-order valence-electron chi connectivity index (χ2n) is 6.92. The molecule has 2 aromatic rings. The Kier molecular flexibility index (Phi) is 5.49. The monoisotopic (exact) mass is 341 g/mol. The molecule has 134 valence electrons. The molecule has 1 saturated heterocycles. The number of hydrogen-bond acceptors (Lipinski definition) is 3. The number of ether oxygens (including phenoxy) is 2. The van der Waals surface area contributed by atoms with Crippen LogP contribution in [0, 0.1) is 13.8 Å². The third-order valence-electron chi connectivity index (χ3n) is 5.04. The lowest BCUT2D eigenvalue weighted by Crippen LogP contribution is -3.13. The summed E-state index contributed by atoms with van der Waals surface area (Å²) in [4.78, 5) is 4.13. The van der Waals surface area contributed by atoms with E-state index in [2.05, 4.69) is 49.1 Å². The van der Waals surface area contributed by atoms with Crippen LogP contribution >= 0.6 is 0 Å². The zero-order chi connectivity index (χ0) is 17.8. The Bertz CT molecular complexity index is 700. The van der Waals surface area contributed by atoms with E-state index in [-0.39, 0.29) is 0 Å². The maximum absolute atomic E-state index is 5.39. The molecule has 2 aromatic carbocycles. The van der Waals surface area contributed by atoms with Crippen LogP contribution in [0.25, 0.3) is 0 Å². The summed E-state index contributed by atoms with van der Waals surface area (Å²) in [5.41, 5.74) is 5.36. The van der Waals surface area contributed by atoms with Crippen molar-refractivity contribution >= 4 is 5.69 Å². The topological polar surface area (TPSA) is 26.1 Å². The number of quaternary nitrogens is 1. The fourth-order valence-electron chi connectivity index (χ4n) is 3.56. The maximum Gasteiger partial charge on any atom is 0.123 e. The van der Waals surface area contributed by atoms with E-state index >= 15 is 0 Å². The predicted octanol–water partition coefficient (Wildman–Crippen LogP) is 2.23. The summed E-state index contributed by atoms with van der Waals surface area (Å²) in [5, 5.41) is 0. The minimum absolute atomic E-state index is 0.864. The Labute approximate surface area is 151 Å². The Morgan fingerprint density at radius 1 is 0.920 bits per heavy atom. The van der Waals surface area contributed by atoms with E-state index in [1.165, 1.54) is 22.4 Å². The van der Waals surface area contributed by atoms with Gasteiger partial charge < -0.3 is 19.3 Å². The van der Waals surface area contributed by atoms with Crippen LogP contribution in [0.2, 0.25) is 0 Å². The van der Waals surface area contributed by atoms with Gasteiger partial charge >= 0.3 is 0 Å². The van der Waals surface area contributed by atoms with Gasteiger partial charge in [0, 0.05) is 17.3 Å². The Hall–Kier alpha value is -2.20. The molecule has 4 nitrogen and oxygen atoms in total. The van der Waals surface area contributed by atoms with Gasteiger partial charge in [-0.15, -0.1) is 0 Å². The normalized spacial score (nSPS) is 15.3. The first-order chi connectivity index (χ1) is 12.1. The molecule has 1 fully saturated rings. The number of piperazine rings is 1. The number of anilines is 1. The van der Waals surface area contributed by atoms with Crippen molar-refractivity contribution in [1.29, 1.82) is 0 Å². The second-order valence-corrected chi connectivity index (χ2v) is 6.92. The number of rotatable bonds is 5. The molecule has 0 aliphatic carbocycles. The lowest BCUT2D eigenvalue weighted by atomic mass is 10.1. The number of hydrogen-bond donors (Lipinski definition) is 1. The fourth-order valence-corrected chi connectivity index (χ4v) is 3.56. The lowest BCUT2D eigenvalue weighted by Gasteiger charge is -2.34. The Morgan fingerprint density at radius 3 is 2.16 bits per heavy atom. The molecule has 0 radical (unpaired) electrons. The van der Waals surface area contributed by atoms with E-state index in [0.717, 1.165) is 44.2 Å². The molecule has 3 rings (SSSR count). The van der Waals surface area contributed by atoms with Gasteiger partial charge in [0.1, 0.15) is 18.0 Å². The van der Waals surface area contributed by atoms with Crippen molar-refractivity contribution in [3.63, 3.8) is 0 Å². The van der Waals surface area contributed by atoms with Crippen molar-refractivity contribution in [3.8, 4) is 11.5 Å². The summed E-state index contributed by atoms with van der Waals surface area (Å²) < 4.78 is 10.8. The summed E-state index contributed by atoms with van der Waals surface area (Å²) in [6.07, 6.45) is 0. The summed E-state index contributed by atoms with van der Waals surface area (Å²) in [7, 11) is 3.41. The molecule has 1 aliphatic rings. The third-order valence-corrected chi connectivity index (χ3v) is 5.04. The highest BCUT2D eigenvalue weighted by Crippen LogP contribution is 2.23. The zero-order valence-corrected chi connectivity index (χ0v) is 15.8. The molecule has 0 bridgehead atoms. The first kappa shape index (κ1) is 17.6. The van der Waals surface area contributed by atoms with Gasteiger partial charge in [-0.1, -0.05) is 12.1 Å². The molecule has 0 saturated carbocycles. The van der Waals surface area contributed by atoms with Gasteiger partial charge in [0.15, 0.2) is 0 Å². The molecule has 25 heavy (non-hydrogen) atoms. The fraction of sp³-hybridized carbons (Fsp3) is 0.429. The van der Waals surface area contributed by atoms with Crippen molar-refractivity contribution in [3.05, 3.63) is 53.1 Å². The van der Waals surface area contributed by atoms with Crippen LogP contribution in [0.3, 0.4) is 0 Å². The van der Waals surface area contributed by atoms with Gasteiger partial charge in [0.05, 0.1) is 40.4 Å². The molecule has 0 unspecified atom stereocenters. The third kappa shape index (κ3) is 4.26. The van der Waals surface area contributed by atoms with Gasteiger partial charge in [-0.3, -0.25) is 0 Å². The largest absolute Gasteiger partial charge is 0.497 e. The summed E-state index contributed by atoms with van der Waals surface area (Å²) >= 11 is 0. The zero-order valence-electron chi connectivity index (χ0n) is 15.8. The predicted molar refractivity (Wildman–Crippen MR) is 102 cm³/mol. The van der Waals surface area contributed by atoms with Gasteiger partial charge in [-0.05, 0) is 43.2 Å². The molecular formula is C21H29N2O2+. The standard InChI is InChI=1S/C21H28N2O2/c1-16-5-6-17(2)21(11-16)23-9-7-22(8-10-23)15-18-12-19(24-3)14-20(13-18)25-4/h5-6,11-14H,7-10,15H2,1-4H3/p+1. The van der Waals surface area contributed by atoms with Crippen LogP contribution in [0.1, 0.15) is 16.7 Å². The summed E-state index contributed by atoms with van der Waals surface area (Å²) in [6, 6.07) is 12.9. The van der Waals surface area contributed by atoms with Crippen molar-refractivity contribution in [2.75, 3.05) is 45.3 Å². The van der Waals surface area contributed by atoms with Gasteiger partial charge in [-0.2, -0.15) is 0 Å². The van der Waals surface area contributed by atoms with Gasteiger partial charge in [0.2, 0.25) is 0 Å². The highest BCUT2D eigenvalue weighted by Gasteiger charge is 2.21. The molecule has 4 heteroatoms. The first-order valence-electron chi connectivity index (χ1n) is 8.97. The Morgan fingerprint density at radius 2 is 1.56 bits per heavy atom. The van der Waals surface area contributed by atoms with Gasteiger partial charge in [-0.25, -0.2) is 0 Å². The van der Waals surface area contributed by atoms with E-state index in [0.29, 0.717) is 0 Å². The minimum atomic E-state index is 0.864. The quantitative estimate of drug-likeness (QED) is 0.903. The second kappa shape index (κ2) is 7.79. The average molecular weight is 341 g/mol. The molecule has 1 aliphatic heterocycles. The lowest BCUT2D eigenvalue weighted by molar-refractivity contribution is -0.914. The number of aryl methyl sites for hydroxylation is 2. The molecule has 0 aromatic heterocycles. The van der Waals surface area contributed by atoms with Crippen LogP contribution in [0.4, 0.5) is 5.69 Å². The Balaban J connectivity index is 1.64. The van der Waals surface area contributed by atoms with Crippen LogP contribution in [-0.2, 0) is 6.54 Å². The number of benzene rings is 2. The highest BCUT2D eigenvalue weighted by molar-refractivity contribution is 5.55. The SMILES string of the molecule is COc1cc(C[NH+]2CCN(c3cc(C)ccc3C)CC2)cc(OC)c1. The van der Waals surface area contributed by atoms with Crippen molar-refractivity contribution in [1.82, 2.24) is 0 Å². The van der Waals surface area contributed by atoms with Crippen LogP contribution in [0.5, 0.6) is 11.5 Å². The highest BCUT2D eigenvalue weighted by atomic mass is 16.5. The van der Waals surface area contributed by atoms with E-state index < -0.39 is 0 Å². The number of nitrogens with one attached hydrogen (secondary N) is 1. The van der Waals surface area contributed by atoms with Crippen molar-refractivity contribution in [2.24, 2.45) is 0 Å². The van der Waals surface area contributed by atoms with Crippen LogP contribution in [-0.4, -0.2) is 40.4 Å². The molecule has 0 spiro atoms.